The molecule has 0 N–H and O–H groups in total. The van der Waals surface area contributed by atoms with Gasteiger partial charge in [-0.3, -0.25) is 9.83 Å². The molecule has 3 aromatic rings. The first-order valence-electron chi connectivity index (χ1n) is 4.64. The number of halogens is 1. The van der Waals surface area contributed by atoms with E-state index in [-0.39, 0.29) is 31.2 Å². The van der Waals surface area contributed by atoms with Crippen LogP contribution in [0.1, 0.15) is 0 Å². The van der Waals surface area contributed by atoms with E-state index >= 15 is 0 Å². The van der Waals surface area contributed by atoms with Gasteiger partial charge in [0.1, 0.15) is 5.69 Å². The summed E-state index contributed by atoms with van der Waals surface area (Å²) in [6, 6.07) is 6.10. The van der Waals surface area contributed by atoms with Crippen molar-refractivity contribution in [2.45, 2.75) is 0 Å². The van der Waals surface area contributed by atoms with Crippen LogP contribution in [0.3, 0.4) is 0 Å². The van der Waals surface area contributed by atoms with Gasteiger partial charge in [0.25, 0.3) is 0 Å². The molecule has 5 heteroatoms. The number of pyridine rings is 1. The van der Waals surface area contributed by atoms with Gasteiger partial charge >= 0.3 is 0 Å². The van der Waals surface area contributed by atoms with Crippen molar-refractivity contribution in [3.63, 3.8) is 0 Å². The van der Waals surface area contributed by atoms with Crippen molar-refractivity contribution in [1.82, 2.24) is 9.38 Å². The number of nitrogens with zero attached hydrogens (tertiary/aromatic N) is 3. The first-order valence-corrected chi connectivity index (χ1v) is 4.64. The summed E-state index contributed by atoms with van der Waals surface area (Å²) >= 11 is 0. The predicted molar refractivity (Wildman–Crippen MR) is 57.8 cm³/mol. The third-order valence-corrected chi connectivity index (χ3v) is 2.48. The Bertz CT molecular complexity index is 742. The van der Waals surface area contributed by atoms with Crippen LogP contribution in [0.2, 0.25) is 0 Å². The third kappa shape index (κ3) is 1.62. The van der Waals surface area contributed by atoms with Gasteiger partial charge in [-0.05, 0) is 0 Å². The number of hydrogen-bond donors (Lipinski definition) is 0. The van der Waals surface area contributed by atoms with Crippen LogP contribution in [0, 0.1) is 18.5 Å². The Morgan fingerprint density at radius 3 is 3.06 bits per heavy atom. The van der Waals surface area contributed by atoms with Crippen molar-refractivity contribution in [1.29, 1.82) is 0 Å². The molecule has 0 bridgehead atoms. The third-order valence-electron chi connectivity index (χ3n) is 2.48. The molecule has 85 valence electrons. The molecule has 0 aliphatic heterocycles. The number of hydrogen-bond acceptors (Lipinski definition) is 1. The molecule has 2 aromatic heterocycles. The number of rotatable bonds is 0. The second-order valence-corrected chi connectivity index (χ2v) is 3.36. The van der Waals surface area contributed by atoms with Crippen molar-refractivity contribution in [2.75, 3.05) is 0 Å². The van der Waals surface area contributed by atoms with E-state index in [0.29, 0.717) is 11.0 Å². The van der Waals surface area contributed by atoms with E-state index in [9.17, 15) is 4.39 Å². The topological polar surface area (TPSA) is 21.7 Å². The van der Waals surface area contributed by atoms with Gasteiger partial charge in [0, 0.05) is 38.7 Å². The van der Waals surface area contributed by atoms with Crippen molar-refractivity contribution in [3.05, 3.63) is 54.0 Å². The van der Waals surface area contributed by atoms with E-state index in [1.807, 2.05) is 0 Å². The molecule has 0 atom stereocenters. The quantitative estimate of drug-likeness (QED) is 0.530. The SMILES string of the molecule is [C-]#[N+]c1cc[c-]c2c1c(F)cn1ccnc21.[Ir]. The van der Waals surface area contributed by atoms with Gasteiger partial charge in [-0.15, -0.1) is 17.5 Å². The number of fused-ring (bicyclic) bond motifs is 3. The number of imidazole rings is 1. The van der Waals surface area contributed by atoms with Gasteiger partial charge in [0.15, 0.2) is 0 Å². The van der Waals surface area contributed by atoms with Crippen LogP contribution in [0.15, 0.2) is 30.7 Å². The summed E-state index contributed by atoms with van der Waals surface area (Å²) in [6.07, 6.45) is 4.58. The summed E-state index contributed by atoms with van der Waals surface area (Å²) in [5.41, 5.74) is 0.902. The molecule has 0 aliphatic carbocycles. The zero-order valence-electron chi connectivity index (χ0n) is 8.44. The van der Waals surface area contributed by atoms with E-state index in [4.69, 9.17) is 6.57 Å². The molecule has 0 amide bonds. The molecule has 2 heterocycles. The fraction of sp³-hybridized carbons (Fsp3) is 0. The molecule has 0 saturated heterocycles. The molecule has 0 spiro atoms. The van der Waals surface area contributed by atoms with Crippen LogP contribution < -0.4 is 0 Å². The van der Waals surface area contributed by atoms with Crippen LogP contribution >= 0.6 is 0 Å². The number of aromatic nitrogens is 2. The molecule has 0 saturated carbocycles. The maximum absolute atomic E-state index is 13.8. The van der Waals surface area contributed by atoms with Crippen LogP contribution in [0.25, 0.3) is 21.3 Å². The molecule has 3 rings (SSSR count). The average Bonchev–Trinajstić information content (AvgIpc) is 2.76. The Morgan fingerprint density at radius 1 is 1.47 bits per heavy atom. The normalized spacial score (nSPS) is 10.1. The van der Waals surface area contributed by atoms with Gasteiger partial charge in [-0.1, -0.05) is 5.39 Å². The summed E-state index contributed by atoms with van der Waals surface area (Å²) in [5, 5.41) is 0.828. The van der Waals surface area contributed by atoms with E-state index in [2.05, 4.69) is 15.9 Å². The molecular weight excluding hydrogens is 397 g/mol. The van der Waals surface area contributed by atoms with Crippen molar-refractivity contribution < 1.29 is 24.5 Å². The van der Waals surface area contributed by atoms with Crippen LogP contribution in [-0.2, 0) is 20.1 Å². The second kappa shape index (κ2) is 4.25. The van der Waals surface area contributed by atoms with Gasteiger partial charge in [-0.25, -0.2) is 4.39 Å². The smallest absolute Gasteiger partial charge is 0.118 e. The zero-order chi connectivity index (χ0) is 11.1. The van der Waals surface area contributed by atoms with Gasteiger partial charge in [-0.2, -0.15) is 6.07 Å². The van der Waals surface area contributed by atoms with E-state index < -0.39 is 5.82 Å². The monoisotopic (exact) mass is 403 g/mol. The molecular formula is C12H5FIrN3-. The largest absolute Gasteiger partial charge is 0.344 e. The molecule has 1 aromatic carbocycles. The fourth-order valence-electron chi connectivity index (χ4n) is 1.80. The van der Waals surface area contributed by atoms with E-state index in [0.717, 1.165) is 0 Å². The van der Waals surface area contributed by atoms with Crippen molar-refractivity contribution in [2.24, 2.45) is 0 Å². The Morgan fingerprint density at radius 2 is 2.29 bits per heavy atom. The Balaban J connectivity index is 0.00000108. The van der Waals surface area contributed by atoms with E-state index in [1.165, 1.54) is 6.20 Å². The summed E-state index contributed by atoms with van der Waals surface area (Å²) in [7, 11) is 0. The second-order valence-electron chi connectivity index (χ2n) is 3.36. The Kier molecular flexibility index (Phi) is 2.93. The summed E-state index contributed by atoms with van der Waals surface area (Å²) in [4.78, 5) is 7.43. The van der Waals surface area contributed by atoms with Gasteiger partial charge in [0.05, 0.1) is 18.0 Å². The molecule has 0 fully saturated rings. The van der Waals surface area contributed by atoms with Gasteiger partial charge < -0.3 is 4.40 Å². The average molecular weight is 402 g/mol. The predicted octanol–water partition coefficient (Wildman–Crippen LogP) is 2.98. The summed E-state index contributed by atoms with van der Waals surface area (Å²) < 4.78 is 15.4. The maximum atomic E-state index is 13.8. The first-order chi connectivity index (χ1) is 7.81. The van der Waals surface area contributed by atoms with E-state index in [1.54, 1.807) is 28.9 Å². The fourth-order valence-corrected chi connectivity index (χ4v) is 1.80. The molecule has 0 unspecified atom stereocenters. The molecule has 1 radical (unpaired) electrons. The minimum atomic E-state index is -0.427. The molecule has 17 heavy (non-hydrogen) atoms. The first kappa shape index (κ1) is 11.7. The maximum Gasteiger partial charge on any atom is 0.118 e. The minimum absolute atomic E-state index is 0. The Labute approximate surface area is 110 Å². The summed E-state index contributed by atoms with van der Waals surface area (Å²) in [5.74, 6) is -0.427. The number of benzene rings is 1. The van der Waals surface area contributed by atoms with Crippen molar-refractivity contribution in [3.8, 4) is 0 Å². The van der Waals surface area contributed by atoms with Crippen LogP contribution in [0.5, 0.6) is 0 Å². The minimum Gasteiger partial charge on any atom is -0.344 e. The summed E-state index contributed by atoms with van der Waals surface area (Å²) in [6.45, 7) is 7.01. The van der Waals surface area contributed by atoms with Crippen LogP contribution in [-0.4, -0.2) is 9.38 Å². The standard InChI is InChI=1S/C12H5FN3.Ir/c1-14-10-4-2-3-8-11(10)9(13)7-16-6-5-15-12(8)16;/h2,4-7H;/q-1;. The zero-order valence-corrected chi connectivity index (χ0v) is 10.8. The molecule has 3 nitrogen and oxygen atoms in total. The van der Waals surface area contributed by atoms with Crippen LogP contribution in [0.4, 0.5) is 10.1 Å². The Hall–Kier alpha value is -1.76. The molecule has 0 aliphatic rings. The van der Waals surface area contributed by atoms with Gasteiger partial charge in [0.2, 0.25) is 0 Å². The van der Waals surface area contributed by atoms with Crippen molar-refractivity contribution >= 4 is 22.1 Å².